The van der Waals surface area contributed by atoms with Crippen LogP contribution in [0.3, 0.4) is 0 Å². The number of carbonyl (C=O) groups excluding carboxylic acids is 1. The van der Waals surface area contributed by atoms with Gasteiger partial charge in [0.15, 0.2) is 5.78 Å². The van der Waals surface area contributed by atoms with Crippen molar-refractivity contribution < 1.29 is 22.9 Å². The molecule has 0 aliphatic rings. The van der Waals surface area contributed by atoms with Gasteiger partial charge in [-0.1, -0.05) is 0 Å². The van der Waals surface area contributed by atoms with Crippen molar-refractivity contribution in [1.29, 1.82) is 0 Å². The molecule has 0 aliphatic carbocycles. The van der Waals surface area contributed by atoms with Crippen molar-refractivity contribution in [3.05, 3.63) is 57.8 Å². The number of pyridine rings is 1. The molecule has 0 saturated carbocycles. The van der Waals surface area contributed by atoms with Gasteiger partial charge in [-0.2, -0.15) is 13.2 Å². The van der Waals surface area contributed by atoms with Gasteiger partial charge in [0, 0.05) is 30.9 Å². The zero-order valence-corrected chi connectivity index (χ0v) is 13.6. The average Bonchev–Trinajstić information content (AvgIpc) is 2.58. The summed E-state index contributed by atoms with van der Waals surface area (Å²) in [6.45, 7) is 1.45. The van der Waals surface area contributed by atoms with Gasteiger partial charge in [-0.3, -0.25) is 14.9 Å². The van der Waals surface area contributed by atoms with Crippen molar-refractivity contribution in [3.8, 4) is 0 Å². The van der Waals surface area contributed by atoms with Crippen LogP contribution in [0.15, 0.2) is 36.5 Å². The minimum atomic E-state index is -4.54. The summed E-state index contributed by atoms with van der Waals surface area (Å²) < 4.78 is 38.6. The van der Waals surface area contributed by atoms with E-state index in [9.17, 15) is 28.1 Å². The number of alkyl halides is 3. The lowest BCUT2D eigenvalue weighted by Crippen LogP contribution is -2.18. The third-order valence-corrected chi connectivity index (χ3v) is 3.45. The van der Waals surface area contributed by atoms with E-state index in [1.807, 2.05) is 0 Å². The summed E-state index contributed by atoms with van der Waals surface area (Å²) in [5.41, 5.74) is -0.814. The molecule has 2 N–H and O–H groups in total. The molecule has 0 saturated heterocycles. The van der Waals surface area contributed by atoms with Crippen molar-refractivity contribution in [1.82, 2.24) is 4.98 Å². The fraction of sp³-hybridized carbons (Fsp3) is 0.250. The third kappa shape index (κ3) is 4.68. The van der Waals surface area contributed by atoms with Crippen LogP contribution >= 0.6 is 0 Å². The highest BCUT2D eigenvalue weighted by molar-refractivity contribution is 5.95. The molecule has 7 nitrogen and oxygen atoms in total. The number of halogens is 3. The Labute approximate surface area is 146 Å². The number of hydrogen-bond donors (Lipinski definition) is 2. The molecule has 2 aromatic rings. The monoisotopic (exact) mass is 368 g/mol. The molecule has 0 spiro atoms. The maximum Gasteiger partial charge on any atom is 0.419 e. The van der Waals surface area contributed by atoms with E-state index >= 15 is 0 Å². The summed E-state index contributed by atoms with van der Waals surface area (Å²) in [6, 6.07) is 6.07. The summed E-state index contributed by atoms with van der Waals surface area (Å²) >= 11 is 0. The molecule has 0 amide bonds. The zero-order chi connectivity index (χ0) is 19.3. The second-order valence-electron chi connectivity index (χ2n) is 5.30. The average molecular weight is 368 g/mol. The molecule has 138 valence electrons. The fourth-order valence-electron chi connectivity index (χ4n) is 2.20. The molecule has 0 unspecified atom stereocenters. The lowest BCUT2D eigenvalue weighted by atomic mass is 10.1. The first-order chi connectivity index (χ1) is 12.2. The van der Waals surface area contributed by atoms with E-state index in [1.165, 1.54) is 31.3 Å². The van der Waals surface area contributed by atoms with Crippen LogP contribution < -0.4 is 10.6 Å². The van der Waals surface area contributed by atoms with Crippen molar-refractivity contribution in [3.63, 3.8) is 0 Å². The maximum absolute atomic E-state index is 12.9. The maximum atomic E-state index is 12.9. The summed E-state index contributed by atoms with van der Waals surface area (Å²) in [5.74, 6) is -0.626. The van der Waals surface area contributed by atoms with Crippen LogP contribution in [-0.4, -0.2) is 28.8 Å². The smallest absolute Gasteiger partial charge is 0.378 e. The Bertz CT molecular complexity index is 825. The summed E-state index contributed by atoms with van der Waals surface area (Å²) in [5, 5.41) is 16.4. The van der Waals surface area contributed by atoms with Crippen LogP contribution in [0, 0.1) is 10.1 Å². The number of benzene rings is 1. The molecular formula is C16H15F3N4O3. The Balaban J connectivity index is 2.03. The molecule has 1 aromatic carbocycles. The number of nitrogens with one attached hydrogen (secondary N) is 2. The molecule has 0 fully saturated rings. The number of rotatable bonds is 7. The molecule has 0 bridgehead atoms. The van der Waals surface area contributed by atoms with Gasteiger partial charge in [-0.25, -0.2) is 4.98 Å². The van der Waals surface area contributed by atoms with E-state index in [2.05, 4.69) is 15.6 Å². The highest BCUT2D eigenvalue weighted by Crippen LogP contribution is 2.33. The molecule has 2 rings (SSSR count). The van der Waals surface area contributed by atoms with E-state index in [0.29, 0.717) is 0 Å². The Morgan fingerprint density at radius 2 is 1.92 bits per heavy atom. The number of nitrogens with zero attached hydrogens (tertiary/aromatic N) is 2. The van der Waals surface area contributed by atoms with Crippen LogP contribution in [0.4, 0.5) is 30.4 Å². The van der Waals surface area contributed by atoms with Crippen LogP contribution in [0.25, 0.3) is 0 Å². The minimum Gasteiger partial charge on any atom is -0.378 e. The number of ketones is 1. The van der Waals surface area contributed by atoms with E-state index in [-0.39, 0.29) is 41.6 Å². The number of Topliss-reactive ketones (excluding diaryl/α,β-unsaturated/α-hetero) is 1. The van der Waals surface area contributed by atoms with E-state index in [4.69, 9.17) is 0 Å². The van der Waals surface area contributed by atoms with Gasteiger partial charge in [-0.15, -0.1) is 0 Å². The topological polar surface area (TPSA) is 97.2 Å². The van der Waals surface area contributed by atoms with Crippen molar-refractivity contribution in [2.75, 3.05) is 23.7 Å². The number of hydrogen-bond acceptors (Lipinski definition) is 6. The molecule has 0 aliphatic heterocycles. The molecule has 0 atom stereocenters. The normalized spacial score (nSPS) is 11.1. The van der Waals surface area contributed by atoms with E-state index in [0.717, 1.165) is 12.1 Å². The molecule has 1 aromatic heterocycles. The molecule has 26 heavy (non-hydrogen) atoms. The first kappa shape index (κ1) is 19.2. The Morgan fingerprint density at radius 1 is 1.23 bits per heavy atom. The summed E-state index contributed by atoms with van der Waals surface area (Å²) in [4.78, 5) is 25.4. The van der Waals surface area contributed by atoms with Gasteiger partial charge in [0.05, 0.1) is 10.5 Å². The van der Waals surface area contributed by atoms with Gasteiger partial charge in [-0.05, 0) is 31.2 Å². The highest BCUT2D eigenvalue weighted by Gasteiger charge is 2.33. The van der Waals surface area contributed by atoms with Gasteiger partial charge >= 0.3 is 6.18 Å². The zero-order valence-electron chi connectivity index (χ0n) is 13.6. The van der Waals surface area contributed by atoms with Crippen LogP contribution in [0.5, 0.6) is 0 Å². The molecule has 0 radical (unpaired) electrons. The third-order valence-electron chi connectivity index (χ3n) is 3.45. The standard InChI is InChI=1S/C16H15F3N4O3/c1-10(24)11-4-5-13(14(9-11)23(25)26)20-7-8-22-15-12(16(17,18)19)3-2-6-21-15/h2-6,9,20H,7-8H2,1H3,(H,21,22). The quantitative estimate of drug-likeness (QED) is 0.334. The van der Waals surface area contributed by atoms with Gasteiger partial charge in [0.2, 0.25) is 0 Å². The number of nitro benzene ring substituents is 1. The summed E-state index contributed by atoms with van der Waals surface area (Å²) in [6.07, 6.45) is -3.30. The first-order valence-electron chi connectivity index (χ1n) is 7.49. The van der Waals surface area contributed by atoms with Crippen molar-refractivity contribution >= 4 is 23.0 Å². The Morgan fingerprint density at radius 3 is 2.54 bits per heavy atom. The van der Waals surface area contributed by atoms with Crippen LogP contribution in [-0.2, 0) is 6.18 Å². The second kappa shape index (κ2) is 7.81. The van der Waals surface area contributed by atoms with Gasteiger partial charge in [0.1, 0.15) is 11.5 Å². The number of aromatic nitrogens is 1. The summed E-state index contributed by atoms with van der Waals surface area (Å²) in [7, 11) is 0. The molecule has 1 heterocycles. The molecular weight excluding hydrogens is 353 g/mol. The largest absolute Gasteiger partial charge is 0.419 e. The highest BCUT2D eigenvalue weighted by atomic mass is 19.4. The van der Waals surface area contributed by atoms with Gasteiger partial charge in [0.25, 0.3) is 5.69 Å². The minimum absolute atomic E-state index is 0.0473. The predicted octanol–water partition coefficient (Wildman–Crippen LogP) is 3.74. The van der Waals surface area contributed by atoms with E-state index < -0.39 is 16.7 Å². The van der Waals surface area contributed by atoms with Crippen molar-refractivity contribution in [2.45, 2.75) is 13.1 Å². The van der Waals surface area contributed by atoms with Crippen LogP contribution in [0.2, 0.25) is 0 Å². The number of anilines is 2. The second-order valence-corrected chi connectivity index (χ2v) is 5.30. The SMILES string of the molecule is CC(=O)c1ccc(NCCNc2ncccc2C(F)(F)F)c([N+](=O)[O-])c1. The first-order valence-corrected chi connectivity index (χ1v) is 7.49. The van der Waals surface area contributed by atoms with E-state index in [1.54, 1.807) is 0 Å². The number of carbonyl (C=O) groups is 1. The lowest BCUT2D eigenvalue weighted by molar-refractivity contribution is -0.384. The fourth-order valence-corrected chi connectivity index (χ4v) is 2.20. The predicted molar refractivity (Wildman–Crippen MR) is 89.3 cm³/mol. The number of nitro groups is 1. The van der Waals surface area contributed by atoms with Gasteiger partial charge < -0.3 is 10.6 Å². The van der Waals surface area contributed by atoms with Crippen molar-refractivity contribution in [2.24, 2.45) is 0 Å². The van der Waals surface area contributed by atoms with Crippen LogP contribution in [0.1, 0.15) is 22.8 Å². The molecule has 10 heteroatoms. The Hall–Kier alpha value is -3.17. The lowest BCUT2D eigenvalue weighted by Gasteiger charge is -2.13. The Kier molecular flexibility index (Phi) is 5.75.